The minimum Gasteiger partial charge on any atom is -0.731 e. The number of β-lactam (4-membered cyclic amide) rings is 1. The summed E-state index contributed by atoms with van der Waals surface area (Å²) in [5.41, 5.74) is 1.07. The van der Waals surface area contributed by atoms with Gasteiger partial charge in [-0.2, -0.15) is 0 Å². The average molecular weight is 363 g/mol. The van der Waals surface area contributed by atoms with Crippen LogP contribution in [0, 0.1) is 0 Å². The van der Waals surface area contributed by atoms with E-state index in [1.54, 1.807) is 24.3 Å². The molecule has 0 aliphatic carbocycles. The molecular weight excluding hydrogens is 349 g/mol. The Hall–Kier alpha value is -1.17. The summed E-state index contributed by atoms with van der Waals surface area (Å²) in [5.74, 6) is -0.873. The van der Waals surface area contributed by atoms with Crippen molar-refractivity contribution in [3.05, 3.63) is 29.8 Å². The predicted octanol–water partition coefficient (Wildman–Crippen LogP) is -3.54. The first-order valence-electron chi connectivity index (χ1n) is 6.89. The number of urea groups is 1. The molecule has 0 bridgehead atoms. The number of hydrogen-bond donors (Lipinski definition) is 2. The summed E-state index contributed by atoms with van der Waals surface area (Å²) in [6.45, 7) is 0.00550. The Balaban J connectivity index is 0.00000208. The normalized spacial score (nSPS) is 22.5. The fraction of sp³-hybridized carbons (Fsp3) is 0.385. The van der Waals surface area contributed by atoms with Crippen molar-refractivity contribution in [1.82, 2.24) is 9.21 Å². The number of likely N-dealkylation sites (tertiary alicyclic amines) is 1. The molecule has 0 saturated carbocycles. The summed E-state index contributed by atoms with van der Waals surface area (Å²) in [6, 6.07) is 4.31. The maximum atomic E-state index is 12.3. The third kappa shape index (κ3) is 3.30. The van der Waals surface area contributed by atoms with E-state index in [-0.39, 0.29) is 49.1 Å². The zero-order valence-electron chi connectivity index (χ0n) is 12.9. The minimum atomic E-state index is -4.84. The van der Waals surface area contributed by atoms with Gasteiger partial charge in [0.15, 0.2) is 10.3 Å². The van der Waals surface area contributed by atoms with Gasteiger partial charge in [0.2, 0.25) is 0 Å². The molecule has 0 unspecified atom stereocenters. The summed E-state index contributed by atoms with van der Waals surface area (Å²) in [4.78, 5) is 25.3. The molecule has 2 saturated heterocycles. The first kappa shape index (κ1) is 19.2. The van der Waals surface area contributed by atoms with Crippen molar-refractivity contribution in [2.24, 2.45) is 0 Å². The van der Waals surface area contributed by atoms with E-state index in [2.05, 4.69) is 5.32 Å². The molecule has 3 rings (SSSR count). The van der Waals surface area contributed by atoms with Gasteiger partial charge < -0.3 is 19.9 Å². The van der Waals surface area contributed by atoms with Crippen LogP contribution in [0.15, 0.2) is 24.3 Å². The van der Waals surface area contributed by atoms with Crippen LogP contribution in [0.5, 0.6) is 0 Å². The molecule has 1 aromatic rings. The fourth-order valence-electron chi connectivity index (χ4n) is 2.98. The number of nitrogens with one attached hydrogen (secondary N) is 1. The Labute approximate surface area is 160 Å². The predicted molar refractivity (Wildman–Crippen MR) is 76.8 cm³/mol. The molecule has 1 aromatic carbocycles. The van der Waals surface area contributed by atoms with Crippen molar-refractivity contribution in [2.45, 2.75) is 25.1 Å². The molecule has 2 N–H and O–H groups in total. The zero-order valence-corrected chi connectivity index (χ0v) is 15.7. The second-order valence-corrected chi connectivity index (χ2v) is 6.62. The van der Waals surface area contributed by atoms with E-state index >= 15 is 0 Å². The van der Waals surface area contributed by atoms with Gasteiger partial charge in [-0.3, -0.25) is 4.79 Å². The number of benzene rings is 1. The largest absolute Gasteiger partial charge is 1.00 e. The average Bonchev–Trinajstić information content (AvgIpc) is 2.84. The summed E-state index contributed by atoms with van der Waals surface area (Å²) < 4.78 is 33.3. The van der Waals surface area contributed by atoms with Crippen LogP contribution in [0.25, 0.3) is 0 Å². The van der Waals surface area contributed by atoms with Gasteiger partial charge in [-0.05, 0) is 24.1 Å². The topological polar surface area (TPSA) is 130 Å². The number of amides is 3. The fourth-order valence-corrected chi connectivity index (χ4v) is 3.86. The summed E-state index contributed by atoms with van der Waals surface area (Å²) in [7, 11) is -4.84. The van der Waals surface area contributed by atoms with Crippen LogP contribution in [-0.4, -0.2) is 57.8 Å². The second-order valence-electron chi connectivity index (χ2n) is 5.37. The molecule has 24 heavy (non-hydrogen) atoms. The Bertz CT molecular complexity index is 771. The molecule has 11 heteroatoms. The van der Waals surface area contributed by atoms with E-state index < -0.39 is 34.3 Å². The second kappa shape index (κ2) is 6.98. The van der Waals surface area contributed by atoms with Crippen LogP contribution in [0.1, 0.15) is 12.0 Å². The van der Waals surface area contributed by atoms with E-state index in [9.17, 15) is 22.6 Å². The molecule has 2 heterocycles. The Kier molecular flexibility index (Phi) is 5.57. The van der Waals surface area contributed by atoms with Gasteiger partial charge in [0.1, 0.15) is 6.04 Å². The van der Waals surface area contributed by atoms with E-state index in [1.807, 2.05) is 0 Å². The Morgan fingerprint density at radius 1 is 1.42 bits per heavy atom. The van der Waals surface area contributed by atoms with Crippen LogP contribution in [0.3, 0.4) is 0 Å². The van der Waals surface area contributed by atoms with Gasteiger partial charge in [-0.15, -0.1) is 0 Å². The molecule has 124 valence electrons. The number of nitrogens with zero attached hydrogens (tertiary/aromatic N) is 2. The van der Waals surface area contributed by atoms with Crippen LogP contribution < -0.4 is 34.9 Å². The van der Waals surface area contributed by atoms with Crippen molar-refractivity contribution < 1.29 is 57.2 Å². The SMILES string of the molecule is O=C(Nc1cccc(CO)c1)N1CC[C@@H]2[C@H]1C(=O)N2S(=O)(=O)[O-].[Na+]. The van der Waals surface area contributed by atoms with Gasteiger partial charge in [-0.1, -0.05) is 12.1 Å². The molecule has 2 aliphatic heterocycles. The maximum absolute atomic E-state index is 12.3. The molecule has 9 nitrogen and oxygen atoms in total. The third-order valence-corrected chi connectivity index (χ3v) is 4.93. The summed E-state index contributed by atoms with van der Waals surface area (Å²) >= 11 is 0. The van der Waals surface area contributed by atoms with Crippen molar-refractivity contribution in [3.63, 3.8) is 0 Å². The molecule has 3 amide bonds. The number of hydrogen-bond acceptors (Lipinski definition) is 6. The van der Waals surface area contributed by atoms with Crippen LogP contribution in [0.4, 0.5) is 10.5 Å². The van der Waals surface area contributed by atoms with E-state index in [1.165, 1.54) is 4.90 Å². The van der Waals surface area contributed by atoms with Crippen molar-refractivity contribution >= 4 is 27.9 Å². The number of anilines is 1. The first-order chi connectivity index (χ1) is 10.8. The number of aliphatic hydroxyl groups excluding tert-OH is 1. The van der Waals surface area contributed by atoms with Gasteiger partial charge in [0, 0.05) is 12.2 Å². The quantitative estimate of drug-likeness (QED) is 0.325. The van der Waals surface area contributed by atoms with Crippen molar-refractivity contribution in [3.8, 4) is 0 Å². The summed E-state index contributed by atoms with van der Waals surface area (Å²) in [5, 5.41) is 11.7. The Morgan fingerprint density at radius 2 is 2.12 bits per heavy atom. The van der Waals surface area contributed by atoms with E-state index in [4.69, 9.17) is 5.11 Å². The number of carbonyl (C=O) groups is 2. The molecule has 0 radical (unpaired) electrons. The van der Waals surface area contributed by atoms with Gasteiger partial charge in [-0.25, -0.2) is 17.5 Å². The molecule has 0 spiro atoms. The number of aliphatic hydroxyl groups is 1. The standard InChI is InChI=1S/C13H15N3O6S.Na/c17-7-8-2-1-3-9(6-8)14-13(19)15-5-4-10-11(15)12(18)16(10)23(20,21)22;/h1-3,6,10-11,17H,4-5,7H2,(H,14,19)(H,20,21,22);/q;+1/p-1/t10-,11+;/m1./s1. The summed E-state index contributed by atoms with van der Waals surface area (Å²) in [6.07, 6.45) is 0.238. The first-order valence-corrected chi connectivity index (χ1v) is 8.26. The smallest absolute Gasteiger partial charge is 0.731 e. The van der Waals surface area contributed by atoms with Gasteiger partial charge in [0.05, 0.1) is 12.6 Å². The van der Waals surface area contributed by atoms with Crippen molar-refractivity contribution in [2.75, 3.05) is 11.9 Å². The van der Waals surface area contributed by atoms with Crippen LogP contribution >= 0.6 is 0 Å². The number of rotatable bonds is 3. The van der Waals surface area contributed by atoms with E-state index in [0.717, 1.165) is 0 Å². The van der Waals surface area contributed by atoms with Crippen LogP contribution in [-0.2, 0) is 21.7 Å². The van der Waals surface area contributed by atoms with Gasteiger partial charge >= 0.3 is 35.6 Å². The van der Waals surface area contributed by atoms with Gasteiger partial charge in [0.25, 0.3) is 5.91 Å². The number of carbonyl (C=O) groups excluding carboxylic acids is 2. The van der Waals surface area contributed by atoms with Crippen molar-refractivity contribution in [1.29, 1.82) is 0 Å². The molecule has 0 aromatic heterocycles. The molecular formula is C13H14N3NaO6S. The maximum Gasteiger partial charge on any atom is 1.00 e. The molecule has 2 fully saturated rings. The zero-order chi connectivity index (χ0) is 16.8. The van der Waals surface area contributed by atoms with Crippen LogP contribution in [0.2, 0.25) is 0 Å². The molecule has 2 aliphatic rings. The molecule has 2 atom stereocenters. The third-order valence-electron chi connectivity index (χ3n) is 4.00. The van der Waals surface area contributed by atoms with E-state index in [0.29, 0.717) is 15.6 Å². The monoisotopic (exact) mass is 363 g/mol. The Morgan fingerprint density at radius 3 is 2.75 bits per heavy atom. The number of fused-ring (bicyclic) bond motifs is 1. The minimum absolute atomic E-state index is 0.